The minimum Gasteiger partial charge on any atom is -0.467 e. The number of aromatic nitrogens is 2. The molecular formula is C12H12ClN3O. The quantitative estimate of drug-likeness (QED) is 0.846. The lowest BCUT2D eigenvalue weighted by Gasteiger charge is -2.06. The highest BCUT2D eigenvalue weighted by Gasteiger charge is 2.27. The lowest BCUT2D eigenvalue weighted by molar-refractivity contribution is 0.517. The van der Waals surface area contributed by atoms with Crippen LogP contribution in [0.2, 0.25) is 5.15 Å². The first-order valence-corrected chi connectivity index (χ1v) is 6.00. The normalized spacial score (nSPS) is 14.9. The van der Waals surface area contributed by atoms with Crippen LogP contribution < -0.4 is 5.32 Å². The number of halogens is 1. The summed E-state index contributed by atoms with van der Waals surface area (Å²) >= 11 is 5.97. The Labute approximate surface area is 104 Å². The van der Waals surface area contributed by atoms with Crippen molar-refractivity contribution in [3.05, 3.63) is 41.2 Å². The Hall–Kier alpha value is -1.55. The van der Waals surface area contributed by atoms with Gasteiger partial charge in [0.2, 0.25) is 0 Å². The highest BCUT2D eigenvalue weighted by Crippen LogP contribution is 2.38. The van der Waals surface area contributed by atoms with Crippen LogP contribution in [0.4, 0.5) is 5.82 Å². The second kappa shape index (κ2) is 4.37. The number of rotatable bonds is 4. The molecule has 0 saturated heterocycles. The zero-order valence-corrected chi connectivity index (χ0v) is 9.94. The molecule has 0 amide bonds. The van der Waals surface area contributed by atoms with Crippen LogP contribution in [-0.4, -0.2) is 9.97 Å². The first kappa shape index (κ1) is 10.6. The molecule has 2 aromatic rings. The Bertz CT molecular complexity index is 508. The van der Waals surface area contributed by atoms with E-state index < -0.39 is 0 Å². The molecule has 1 aliphatic rings. The van der Waals surface area contributed by atoms with E-state index in [-0.39, 0.29) is 0 Å². The molecule has 1 aliphatic carbocycles. The molecule has 4 nitrogen and oxygen atoms in total. The number of nitrogens with one attached hydrogen (secondary N) is 1. The lowest BCUT2D eigenvalue weighted by Crippen LogP contribution is -2.03. The van der Waals surface area contributed by atoms with Crippen LogP contribution in [0.15, 0.2) is 28.9 Å². The van der Waals surface area contributed by atoms with E-state index in [0.29, 0.717) is 17.6 Å². The summed E-state index contributed by atoms with van der Waals surface area (Å²) in [5.41, 5.74) is 0. The fourth-order valence-electron chi connectivity index (χ4n) is 1.64. The molecule has 0 aliphatic heterocycles. The van der Waals surface area contributed by atoms with Gasteiger partial charge in [0.05, 0.1) is 12.8 Å². The second-order valence-electron chi connectivity index (χ2n) is 4.14. The van der Waals surface area contributed by atoms with Crippen LogP contribution in [0.25, 0.3) is 0 Å². The molecule has 0 bridgehead atoms. The van der Waals surface area contributed by atoms with Crippen LogP contribution in [0.3, 0.4) is 0 Å². The lowest BCUT2D eigenvalue weighted by atomic mass is 10.4. The predicted molar refractivity (Wildman–Crippen MR) is 65.1 cm³/mol. The molecule has 17 heavy (non-hydrogen) atoms. The minimum atomic E-state index is 0.490. The first-order chi connectivity index (χ1) is 8.31. The molecule has 88 valence electrons. The monoisotopic (exact) mass is 249 g/mol. The van der Waals surface area contributed by atoms with Gasteiger partial charge in [-0.3, -0.25) is 0 Å². The second-order valence-corrected chi connectivity index (χ2v) is 4.53. The van der Waals surface area contributed by atoms with E-state index in [1.54, 1.807) is 12.3 Å². The van der Waals surface area contributed by atoms with Gasteiger partial charge in [0, 0.05) is 12.0 Å². The Balaban J connectivity index is 1.73. The summed E-state index contributed by atoms with van der Waals surface area (Å²) in [7, 11) is 0. The molecule has 0 spiro atoms. The molecule has 3 rings (SSSR count). The topological polar surface area (TPSA) is 51.0 Å². The molecule has 1 fully saturated rings. The van der Waals surface area contributed by atoms with Crippen molar-refractivity contribution in [3.63, 3.8) is 0 Å². The van der Waals surface area contributed by atoms with Crippen molar-refractivity contribution in [3.8, 4) is 0 Å². The van der Waals surface area contributed by atoms with Gasteiger partial charge in [-0.05, 0) is 25.0 Å². The van der Waals surface area contributed by atoms with Crippen LogP contribution in [0.1, 0.15) is 30.3 Å². The van der Waals surface area contributed by atoms with Gasteiger partial charge in [0.1, 0.15) is 22.6 Å². The van der Waals surface area contributed by atoms with Crippen LogP contribution in [0.5, 0.6) is 0 Å². The average Bonchev–Trinajstić information content (AvgIpc) is 3.04. The van der Waals surface area contributed by atoms with Crippen molar-refractivity contribution in [2.75, 3.05) is 5.32 Å². The highest BCUT2D eigenvalue weighted by molar-refractivity contribution is 6.29. The zero-order valence-electron chi connectivity index (χ0n) is 9.19. The molecule has 0 aromatic carbocycles. The van der Waals surface area contributed by atoms with E-state index in [4.69, 9.17) is 16.0 Å². The van der Waals surface area contributed by atoms with Crippen LogP contribution in [-0.2, 0) is 6.54 Å². The third-order valence-corrected chi connectivity index (χ3v) is 2.87. The summed E-state index contributed by atoms with van der Waals surface area (Å²) in [5.74, 6) is 2.97. The Morgan fingerprint density at radius 2 is 2.29 bits per heavy atom. The van der Waals surface area contributed by atoms with Gasteiger partial charge in [0.15, 0.2) is 0 Å². The van der Waals surface area contributed by atoms with E-state index in [1.165, 1.54) is 0 Å². The van der Waals surface area contributed by atoms with E-state index in [0.717, 1.165) is 30.2 Å². The molecule has 0 atom stereocenters. The smallest absolute Gasteiger partial charge is 0.135 e. The average molecular weight is 250 g/mol. The Morgan fingerprint density at radius 1 is 1.41 bits per heavy atom. The molecular weight excluding hydrogens is 238 g/mol. The predicted octanol–water partition coefficient (Wildman–Crippen LogP) is 3.21. The number of hydrogen-bond donors (Lipinski definition) is 1. The SMILES string of the molecule is Clc1cc(NCc2ccco2)nc(C2CC2)n1. The van der Waals surface area contributed by atoms with Gasteiger partial charge >= 0.3 is 0 Å². The highest BCUT2D eigenvalue weighted by atomic mass is 35.5. The maximum Gasteiger partial charge on any atom is 0.135 e. The van der Waals surface area contributed by atoms with Crippen molar-refractivity contribution >= 4 is 17.4 Å². The molecule has 2 aromatic heterocycles. The number of hydrogen-bond acceptors (Lipinski definition) is 4. The summed E-state index contributed by atoms with van der Waals surface area (Å²) in [6.45, 7) is 0.602. The summed E-state index contributed by atoms with van der Waals surface area (Å²) in [6, 6.07) is 5.51. The molecule has 1 saturated carbocycles. The largest absolute Gasteiger partial charge is 0.467 e. The Morgan fingerprint density at radius 3 is 3.00 bits per heavy atom. The van der Waals surface area contributed by atoms with Crippen molar-refractivity contribution in [1.29, 1.82) is 0 Å². The van der Waals surface area contributed by atoms with Crippen LogP contribution in [0, 0.1) is 0 Å². The van der Waals surface area contributed by atoms with Crippen molar-refractivity contribution in [1.82, 2.24) is 9.97 Å². The van der Waals surface area contributed by atoms with Crippen molar-refractivity contribution in [2.24, 2.45) is 0 Å². The fourth-order valence-corrected chi connectivity index (χ4v) is 1.83. The standard InChI is InChI=1S/C12H12ClN3O/c13-10-6-11(14-7-9-2-1-5-17-9)16-12(15-10)8-3-4-8/h1-2,5-6,8H,3-4,7H2,(H,14,15,16). The van der Waals surface area contributed by atoms with Crippen molar-refractivity contribution in [2.45, 2.75) is 25.3 Å². The van der Waals surface area contributed by atoms with E-state index in [9.17, 15) is 0 Å². The van der Waals surface area contributed by atoms with E-state index in [2.05, 4.69) is 15.3 Å². The van der Waals surface area contributed by atoms with Gasteiger partial charge in [-0.15, -0.1) is 0 Å². The number of furan rings is 1. The van der Waals surface area contributed by atoms with Crippen molar-refractivity contribution < 1.29 is 4.42 Å². The third-order valence-electron chi connectivity index (χ3n) is 2.68. The molecule has 5 heteroatoms. The van der Waals surface area contributed by atoms with Gasteiger partial charge in [-0.25, -0.2) is 9.97 Å². The number of nitrogens with zero attached hydrogens (tertiary/aromatic N) is 2. The minimum absolute atomic E-state index is 0.490. The third kappa shape index (κ3) is 2.58. The maximum absolute atomic E-state index is 5.97. The zero-order chi connectivity index (χ0) is 11.7. The number of anilines is 1. The van der Waals surface area contributed by atoms with E-state index in [1.807, 2.05) is 12.1 Å². The molecule has 0 radical (unpaired) electrons. The van der Waals surface area contributed by atoms with Gasteiger partial charge in [0.25, 0.3) is 0 Å². The van der Waals surface area contributed by atoms with Gasteiger partial charge < -0.3 is 9.73 Å². The fraction of sp³-hybridized carbons (Fsp3) is 0.333. The molecule has 1 N–H and O–H groups in total. The van der Waals surface area contributed by atoms with Crippen LogP contribution >= 0.6 is 11.6 Å². The van der Waals surface area contributed by atoms with E-state index >= 15 is 0 Å². The first-order valence-electron chi connectivity index (χ1n) is 5.62. The summed E-state index contributed by atoms with van der Waals surface area (Å²) in [6.07, 6.45) is 3.98. The maximum atomic E-state index is 5.97. The summed E-state index contributed by atoms with van der Waals surface area (Å²) in [4.78, 5) is 8.68. The molecule has 2 heterocycles. The van der Waals surface area contributed by atoms with Gasteiger partial charge in [-0.1, -0.05) is 11.6 Å². The Kier molecular flexibility index (Phi) is 2.73. The molecule has 0 unspecified atom stereocenters. The van der Waals surface area contributed by atoms with Gasteiger partial charge in [-0.2, -0.15) is 0 Å². The summed E-state index contributed by atoms with van der Waals surface area (Å²) in [5, 5.41) is 3.67. The summed E-state index contributed by atoms with van der Waals surface area (Å²) < 4.78 is 5.24.